The highest BCUT2D eigenvalue weighted by atomic mass is 79.9. The summed E-state index contributed by atoms with van der Waals surface area (Å²) in [5.74, 6) is 1.38. The first-order valence-electron chi connectivity index (χ1n) is 5.53. The Balaban J connectivity index is 2.65. The standard InChI is InChI=1S/C12H16BrN3/c1-3-16-11-5-4-9(13)6-10(11)15-12(16)8(2)7-14/h4-6,8H,3,7,14H2,1-2H3. The molecule has 86 valence electrons. The second kappa shape index (κ2) is 4.55. The van der Waals surface area contributed by atoms with E-state index >= 15 is 0 Å². The summed E-state index contributed by atoms with van der Waals surface area (Å²) in [4.78, 5) is 4.67. The maximum absolute atomic E-state index is 5.72. The third kappa shape index (κ3) is 1.87. The zero-order valence-electron chi connectivity index (χ0n) is 9.57. The van der Waals surface area contributed by atoms with Gasteiger partial charge in [0.15, 0.2) is 0 Å². The monoisotopic (exact) mass is 281 g/mol. The number of rotatable bonds is 3. The minimum atomic E-state index is 0.297. The number of aryl methyl sites for hydroxylation is 1. The van der Waals surface area contributed by atoms with Gasteiger partial charge in [0.2, 0.25) is 0 Å². The van der Waals surface area contributed by atoms with Crippen molar-refractivity contribution in [1.29, 1.82) is 0 Å². The first-order chi connectivity index (χ1) is 7.67. The number of nitrogens with zero attached hydrogens (tertiary/aromatic N) is 2. The van der Waals surface area contributed by atoms with Crippen LogP contribution in [-0.4, -0.2) is 16.1 Å². The summed E-state index contributed by atoms with van der Waals surface area (Å²) in [7, 11) is 0. The van der Waals surface area contributed by atoms with E-state index in [1.54, 1.807) is 0 Å². The maximum Gasteiger partial charge on any atom is 0.113 e. The molecule has 0 aliphatic carbocycles. The van der Waals surface area contributed by atoms with Crippen molar-refractivity contribution in [2.45, 2.75) is 26.3 Å². The van der Waals surface area contributed by atoms with Gasteiger partial charge in [0, 0.05) is 23.5 Å². The molecule has 0 aliphatic rings. The Morgan fingerprint density at radius 2 is 2.25 bits per heavy atom. The third-order valence-electron chi connectivity index (χ3n) is 2.85. The number of aromatic nitrogens is 2. The highest BCUT2D eigenvalue weighted by Crippen LogP contribution is 2.24. The lowest BCUT2D eigenvalue weighted by atomic mass is 10.2. The number of fused-ring (bicyclic) bond motifs is 1. The minimum Gasteiger partial charge on any atom is -0.330 e. The average Bonchev–Trinajstić information content (AvgIpc) is 2.65. The van der Waals surface area contributed by atoms with Crippen LogP contribution >= 0.6 is 15.9 Å². The molecule has 0 saturated heterocycles. The Morgan fingerprint density at radius 3 is 2.88 bits per heavy atom. The van der Waals surface area contributed by atoms with Gasteiger partial charge in [-0.3, -0.25) is 0 Å². The lowest BCUT2D eigenvalue weighted by molar-refractivity contribution is 0.638. The van der Waals surface area contributed by atoms with Crippen LogP contribution in [0.5, 0.6) is 0 Å². The molecule has 3 nitrogen and oxygen atoms in total. The van der Waals surface area contributed by atoms with Gasteiger partial charge in [0.1, 0.15) is 5.82 Å². The number of imidazole rings is 1. The minimum absolute atomic E-state index is 0.297. The van der Waals surface area contributed by atoms with Crippen LogP contribution in [-0.2, 0) is 6.54 Å². The van der Waals surface area contributed by atoms with Crippen molar-refractivity contribution in [2.75, 3.05) is 6.54 Å². The van der Waals surface area contributed by atoms with Gasteiger partial charge >= 0.3 is 0 Å². The molecule has 1 heterocycles. The lowest BCUT2D eigenvalue weighted by Crippen LogP contribution is -2.14. The van der Waals surface area contributed by atoms with Crippen molar-refractivity contribution in [2.24, 2.45) is 5.73 Å². The summed E-state index contributed by atoms with van der Waals surface area (Å²) in [5, 5.41) is 0. The van der Waals surface area contributed by atoms with Crippen molar-refractivity contribution in [3.63, 3.8) is 0 Å². The Labute approximate surface area is 104 Å². The molecule has 0 fully saturated rings. The van der Waals surface area contributed by atoms with Crippen LogP contribution in [0, 0.1) is 0 Å². The van der Waals surface area contributed by atoms with Gasteiger partial charge in [-0.15, -0.1) is 0 Å². The number of hydrogen-bond donors (Lipinski definition) is 1. The first kappa shape index (κ1) is 11.6. The molecule has 1 aromatic carbocycles. The quantitative estimate of drug-likeness (QED) is 0.940. The normalized spacial score (nSPS) is 13.2. The summed E-state index contributed by atoms with van der Waals surface area (Å²) < 4.78 is 3.30. The summed E-state index contributed by atoms with van der Waals surface area (Å²) in [6.07, 6.45) is 0. The molecule has 2 N–H and O–H groups in total. The summed E-state index contributed by atoms with van der Waals surface area (Å²) >= 11 is 3.47. The van der Waals surface area contributed by atoms with Crippen LogP contribution in [0.1, 0.15) is 25.6 Å². The Bertz CT molecular complexity index is 504. The van der Waals surface area contributed by atoms with Gasteiger partial charge in [-0.1, -0.05) is 22.9 Å². The van der Waals surface area contributed by atoms with E-state index in [4.69, 9.17) is 5.73 Å². The Hall–Kier alpha value is -0.870. The lowest BCUT2D eigenvalue weighted by Gasteiger charge is -2.10. The molecule has 0 bridgehead atoms. The van der Waals surface area contributed by atoms with E-state index in [-0.39, 0.29) is 0 Å². The molecule has 1 atom stereocenters. The van der Waals surface area contributed by atoms with Crippen molar-refractivity contribution < 1.29 is 0 Å². The van der Waals surface area contributed by atoms with E-state index < -0.39 is 0 Å². The largest absolute Gasteiger partial charge is 0.330 e. The van der Waals surface area contributed by atoms with Crippen LogP contribution in [0.25, 0.3) is 11.0 Å². The molecule has 1 aromatic heterocycles. The zero-order valence-corrected chi connectivity index (χ0v) is 11.2. The second-order valence-electron chi connectivity index (χ2n) is 3.98. The fourth-order valence-corrected chi connectivity index (χ4v) is 2.28. The molecule has 16 heavy (non-hydrogen) atoms. The third-order valence-corrected chi connectivity index (χ3v) is 3.34. The molecule has 0 spiro atoms. The molecule has 0 radical (unpaired) electrons. The molecule has 4 heteroatoms. The smallest absolute Gasteiger partial charge is 0.113 e. The van der Waals surface area contributed by atoms with Gasteiger partial charge in [-0.05, 0) is 25.1 Å². The number of halogens is 1. The van der Waals surface area contributed by atoms with Crippen molar-refractivity contribution in [3.05, 3.63) is 28.5 Å². The number of benzene rings is 1. The van der Waals surface area contributed by atoms with Gasteiger partial charge in [-0.2, -0.15) is 0 Å². The van der Waals surface area contributed by atoms with Crippen molar-refractivity contribution in [3.8, 4) is 0 Å². The topological polar surface area (TPSA) is 43.8 Å². The average molecular weight is 282 g/mol. The van der Waals surface area contributed by atoms with Crippen LogP contribution in [0.2, 0.25) is 0 Å². The van der Waals surface area contributed by atoms with E-state index in [9.17, 15) is 0 Å². The summed E-state index contributed by atoms with van der Waals surface area (Å²) in [5.41, 5.74) is 7.93. The van der Waals surface area contributed by atoms with Gasteiger partial charge in [0.05, 0.1) is 11.0 Å². The number of nitrogens with two attached hydrogens (primary N) is 1. The van der Waals surface area contributed by atoms with Crippen molar-refractivity contribution in [1.82, 2.24) is 9.55 Å². The van der Waals surface area contributed by atoms with E-state index in [2.05, 4.69) is 45.4 Å². The number of hydrogen-bond acceptors (Lipinski definition) is 2. The summed E-state index contributed by atoms with van der Waals surface area (Å²) in [6.45, 7) is 5.81. The van der Waals surface area contributed by atoms with Gasteiger partial charge in [-0.25, -0.2) is 4.98 Å². The van der Waals surface area contributed by atoms with Crippen LogP contribution in [0.3, 0.4) is 0 Å². The Kier molecular flexibility index (Phi) is 3.30. The predicted octanol–water partition coefficient (Wildman–Crippen LogP) is 2.88. The predicted molar refractivity (Wildman–Crippen MR) is 70.6 cm³/mol. The fraction of sp³-hybridized carbons (Fsp3) is 0.417. The molecule has 2 aromatic rings. The molecule has 0 aliphatic heterocycles. The van der Waals surface area contributed by atoms with Crippen molar-refractivity contribution >= 4 is 27.0 Å². The maximum atomic E-state index is 5.72. The zero-order chi connectivity index (χ0) is 11.7. The fourth-order valence-electron chi connectivity index (χ4n) is 1.94. The second-order valence-corrected chi connectivity index (χ2v) is 4.90. The Morgan fingerprint density at radius 1 is 1.50 bits per heavy atom. The highest BCUT2D eigenvalue weighted by Gasteiger charge is 2.14. The summed E-state index contributed by atoms with van der Waals surface area (Å²) in [6, 6.07) is 6.20. The van der Waals surface area contributed by atoms with Crippen LogP contribution in [0.15, 0.2) is 22.7 Å². The molecule has 0 amide bonds. The van der Waals surface area contributed by atoms with Crippen LogP contribution in [0.4, 0.5) is 0 Å². The molecule has 0 saturated carbocycles. The van der Waals surface area contributed by atoms with Gasteiger partial charge in [0.25, 0.3) is 0 Å². The van der Waals surface area contributed by atoms with Gasteiger partial charge < -0.3 is 10.3 Å². The van der Waals surface area contributed by atoms with E-state index in [1.807, 2.05) is 12.1 Å². The van der Waals surface area contributed by atoms with E-state index in [1.165, 1.54) is 5.52 Å². The van der Waals surface area contributed by atoms with E-state index in [0.29, 0.717) is 12.5 Å². The van der Waals surface area contributed by atoms with Crippen LogP contribution < -0.4 is 5.73 Å². The van der Waals surface area contributed by atoms with E-state index in [0.717, 1.165) is 22.4 Å². The molecule has 1 unspecified atom stereocenters. The molecular weight excluding hydrogens is 266 g/mol. The first-order valence-corrected chi connectivity index (χ1v) is 6.32. The highest BCUT2D eigenvalue weighted by molar-refractivity contribution is 9.10. The SMILES string of the molecule is CCn1c(C(C)CN)nc2cc(Br)ccc21. The molecular formula is C12H16BrN3. The molecule has 2 rings (SSSR count).